The van der Waals surface area contributed by atoms with Crippen molar-refractivity contribution in [2.45, 2.75) is 57.7 Å². The van der Waals surface area contributed by atoms with Gasteiger partial charge in [0.2, 0.25) is 0 Å². The zero-order valence-electron chi connectivity index (χ0n) is 20.6. The molecule has 2 aromatic carbocycles. The first-order valence-corrected chi connectivity index (χ1v) is 12.6. The molecule has 1 aliphatic carbocycles. The van der Waals surface area contributed by atoms with E-state index in [4.69, 9.17) is 0 Å². The van der Waals surface area contributed by atoms with Crippen molar-refractivity contribution in [1.82, 2.24) is 0 Å². The van der Waals surface area contributed by atoms with Crippen LogP contribution in [0, 0.1) is 12.3 Å². The van der Waals surface area contributed by atoms with E-state index in [-0.39, 0.29) is 30.4 Å². The quantitative estimate of drug-likeness (QED) is 0.440. The highest BCUT2D eigenvalue weighted by Crippen LogP contribution is 2.54. The lowest BCUT2D eigenvalue weighted by molar-refractivity contribution is -0.274. The Hall–Kier alpha value is -3.04. The van der Waals surface area contributed by atoms with Crippen LogP contribution >= 0.6 is 0 Å². The maximum atomic E-state index is 13.7. The number of piperidine rings is 2. The summed E-state index contributed by atoms with van der Waals surface area (Å²) in [6, 6.07) is 9.39. The Morgan fingerprint density at radius 1 is 0.865 bits per heavy atom. The van der Waals surface area contributed by atoms with Crippen LogP contribution in [-0.4, -0.2) is 44.4 Å². The van der Waals surface area contributed by atoms with E-state index in [9.17, 15) is 26.7 Å². The van der Waals surface area contributed by atoms with Crippen LogP contribution in [0.15, 0.2) is 36.4 Å². The van der Waals surface area contributed by atoms with E-state index in [1.54, 1.807) is 6.07 Å². The number of halogens is 5. The third-order valence-electron chi connectivity index (χ3n) is 7.80. The van der Waals surface area contributed by atoms with Crippen molar-refractivity contribution in [1.29, 1.82) is 0 Å². The van der Waals surface area contributed by atoms with Gasteiger partial charge >= 0.3 is 6.36 Å². The zero-order valence-corrected chi connectivity index (χ0v) is 20.6. The Labute approximate surface area is 212 Å². The van der Waals surface area contributed by atoms with Crippen molar-refractivity contribution < 1.29 is 31.5 Å². The van der Waals surface area contributed by atoms with Gasteiger partial charge in [-0.2, -0.15) is 0 Å². The number of rotatable bonds is 5. The fraction of sp³-hybridized carbons (Fsp3) is 0.519. The van der Waals surface area contributed by atoms with Gasteiger partial charge in [-0.15, -0.1) is 13.2 Å². The maximum Gasteiger partial charge on any atom is 0.573 e. The van der Waals surface area contributed by atoms with E-state index >= 15 is 0 Å². The summed E-state index contributed by atoms with van der Waals surface area (Å²) in [6.07, 6.45) is -1.15. The Morgan fingerprint density at radius 2 is 1.49 bits per heavy atom. The molecule has 0 aromatic heterocycles. The van der Waals surface area contributed by atoms with Gasteiger partial charge in [0.1, 0.15) is 0 Å². The fourth-order valence-electron chi connectivity index (χ4n) is 5.32. The monoisotopic (exact) mass is 523 g/mol. The maximum absolute atomic E-state index is 13.7. The van der Waals surface area contributed by atoms with Crippen molar-refractivity contribution >= 4 is 23.0 Å². The summed E-state index contributed by atoms with van der Waals surface area (Å²) in [5.74, 6) is -3.74. The van der Waals surface area contributed by atoms with Crippen LogP contribution < -0.4 is 19.9 Å². The Kier molecular flexibility index (Phi) is 6.48. The van der Waals surface area contributed by atoms with Gasteiger partial charge in [-0.3, -0.25) is 4.79 Å². The molecule has 2 heterocycles. The van der Waals surface area contributed by atoms with Gasteiger partial charge in [0.05, 0.1) is 11.3 Å². The van der Waals surface area contributed by atoms with E-state index in [1.165, 1.54) is 29.9 Å². The lowest BCUT2D eigenvalue weighted by Crippen LogP contribution is -2.39. The molecular formula is C27H30F5N3O2. The zero-order chi connectivity index (χ0) is 26.4. The number of nitrogens with zero attached hydrogens (tertiary/aromatic N) is 2. The van der Waals surface area contributed by atoms with E-state index in [1.807, 2.05) is 19.1 Å². The molecule has 2 aromatic rings. The highest BCUT2D eigenvalue weighted by molar-refractivity contribution is 6.08. The lowest BCUT2D eigenvalue weighted by atomic mass is 9.92. The Morgan fingerprint density at radius 3 is 2.11 bits per heavy atom. The first-order chi connectivity index (χ1) is 17.4. The molecule has 5 rings (SSSR count). The van der Waals surface area contributed by atoms with Crippen molar-refractivity contribution in [3.8, 4) is 5.75 Å². The normalized spacial score (nSPS) is 20.6. The number of amides is 1. The predicted molar refractivity (Wildman–Crippen MR) is 132 cm³/mol. The topological polar surface area (TPSA) is 44.8 Å². The van der Waals surface area contributed by atoms with Gasteiger partial charge in [0.25, 0.3) is 11.8 Å². The average Bonchev–Trinajstić information content (AvgIpc) is 3.58. The minimum absolute atomic E-state index is 0.0144. The predicted octanol–water partition coefficient (Wildman–Crippen LogP) is 6.76. The third kappa shape index (κ3) is 5.93. The molecule has 1 N–H and O–H groups in total. The summed E-state index contributed by atoms with van der Waals surface area (Å²) < 4.78 is 70.6. The second kappa shape index (κ2) is 9.36. The molecule has 2 aliphatic heterocycles. The van der Waals surface area contributed by atoms with Crippen molar-refractivity contribution in [2.24, 2.45) is 5.41 Å². The summed E-state index contributed by atoms with van der Waals surface area (Å²) in [5, 5.41) is 2.79. The largest absolute Gasteiger partial charge is 0.573 e. The SMILES string of the molecule is Cc1ccc(C(=O)Nc2ccc(OC(F)(F)F)c(N3CCC(F)(F)CC3)c2)c(N2CCC3(CC2)CC3)c1. The van der Waals surface area contributed by atoms with Gasteiger partial charge in [0.15, 0.2) is 5.75 Å². The van der Waals surface area contributed by atoms with E-state index in [2.05, 4.69) is 15.0 Å². The number of alkyl halides is 5. The summed E-state index contributed by atoms with van der Waals surface area (Å²) in [6.45, 7) is 3.45. The van der Waals surface area contributed by atoms with Gasteiger partial charge in [0, 0.05) is 50.4 Å². The van der Waals surface area contributed by atoms with E-state index in [0.717, 1.165) is 43.2 Å². The number of nitrogens with one attached hydrogen (secondary N) is 1. The minimum atomic E-state index is -4.94. The number of hydrogen-bond acceptors (Lipinski definition) is 4. The van der Waals surface area contributed by atoms with Gasteiger partial charge in [-0.05, 0) is 73.9 Å². The molecule has 5 nitrogen and oxygen atoms in total. The first-order valence-electron chi connectivity index (χ1n) is 12.6. The molecule has 2 saturated heterocycles. The van der Waals surface area contributed by atoms with Crippen LogP contribution in [0.4, 0.5) is 39.0 Å². The molecule has 0 atom stereocenters. The summed E-state index contributed by atoms with van der Waals surface area (Å²) >= 11 is 0. The highest BCUT2D eigenvalue weighted by Gasteiger charge is 2.44. The molecule has 0 unspecified atom stereocenters. The molecule has 1 spiro atoms. The number of ether oxygens (including phenoxy) is 1. The molecule has 1 saturated carbocycles. The molecule has 10 heteroatoms. The summed E-state index contributed by atoms with van der Waals surface area (Å²) in [4.78, 5) is 17.0. The number of aryl methyl sites for hydroxylation is 1. The lowest BCUT2D eigenvalue weighted by Gasteiger charge is -2.35. The number of hydrogen-bond donors (Lipinski definition) is 1. The van der Waals surface area contributed by atoms with Gasteiger partial charge in [-0.25, -0.2) is 8.78 Å². The molecule has 3 fully saturated rings. The first kappa shape index (κ1) is 25.6. The van der Waals surface area contributed by atoms with E-state index < -0.39 is 30.9 Å². The molecule has 3 aliphatic rings. The molecule has 200 valence electrons. The number of benzene rings is 2. The van der Waals surface area contributed by atoms with Crippen LogP contribution in [0.2, 0.25) is 0 Å². The van der Waals surface area contributed by atoms with Gasteiger partial charge < -0.3 is 19.9 Å². The standard InChI is InChI=1S/C27H30F5N3O2/c1-18-2-4-20(21(16-18)34-12-8-25(6-7-25)9-13-34)24(36)33-19-3-5-23(37-27(30,31)32)22(17-19)35-14-10-26(28,29)11-15-35/h2-5,16-17H,6-15H2,1H3,(H,33,36). The molecule has 1 amide bonds. The number of carbonyl (C=O) groups is 1. The third-order valence-corrected chi connectivity index (χ3v) is 7.80. The minimum Gasteiger partial charge on any atom is -0.404 e. The second-order valence-electron chi connectivity index (χ2n) is 10.5. The Bertz CT molecular complexity index is 1160. The van der Waals surface area contributed by atoms with Crippen molar-refractivity contribution in [3.63, 3.8) is 0 Å². The Balaban J connectivity index is 1.38. The van der Waals surface area contributed by atoms with Crippen LogP contribution in [0.25, 0.3) is 0 Å². The van der Waals surface area contributed by atoms with E-state index in [0.29, 0.717) is 11.0 Å². The molecule has 0 radical (unpaired) electrons. The van der Waals surface area contributed by atoms with Crippen LogP contribution in [0.1, 0.15) is 54.4 Å². The fourth-order valence-corrected chi connectivity index (χ4v) is 5.32. The van der Waals surface area contributed by atoms with Crippen LogP contribution in [0.5, 0.6) is 5.75 Å². The molecule has 37 heavy (non-hydrogen) atoms. The number of carbonyl (C=O) groups excluding carboxylic acids is 1. The van der Waals surface area contributed by atoms with Crippen molar-refractivity contribution in [3.05, 3.63) is 47.5 Å². The summed E-state index contributed by atoms with van der Waals surface area (Å²) in [7, 11) is 0. The molecule has 0 bridgehead atoms. The second-order valence-corrected chi connectivity index (χ2v) is 10.5. The van der Waals surface area contributed by atoms with Crippen molar-refractivity contribution in [2.75, 3.05) is 41.3 Å². The molecular weight excluding hydrogens is 493 g/mol. The smallest absolute Gasteiger partial charge is 0.404 e. The average molecular weight is 524 g/mol. The van der Waals surface area contributed by atoms with Crippen LogP contribution in [0.3, 0.4) is 0 Å². The van der Waals surface area contributed by atoms with Gasteiger partial charge in [-0.1, -0.05) is 6.07 Å². The number of anilines is 3. The van der Waals surface area contributed by atoms with Crippen LogP contribution in [-0.2, 0) is 0 Å². The highest BCUT2D eigenvalue weighted by atomic mass is 19.4. The summed E-state index contributed by atoms with van der Waals surface area (Å²) in [5.41, 5.74) is 3.10.